The molecule has 1 aliphatic carbocycles. The monoisotopic (exact) mass is 268 g/mol. The van der Waals surface area contributed by atoms with Gasteiger partial charge in [-0.2, -0.15) is 0 Å². The van der Waals surface area contributed by atoms with Crippen molar-refractivity contribution in [3.8, 4) is 0 Å². The molecule has 1 atom stereocenters. The summed E-state index contributed by atoms with van der Waals surface area (Å²) in [6, 6.07) is 9.92. The Labute approximate surface area is 109 Å². The van der Waals surface area contributed by atoms with Crippen LogP contribution >= 0.6 is 0 Å². The second kappa shape index (κ2) is 4.99. The molecule has 0 saturated heterocycles. The van der Waals surface area contributed by atoms with E-state index in [9.17, 15) is 4.21 Å². The topological polar surface area (TPSA) is 53.4 Å². The summed E-state index contributed by atoms with van der Waals surface area (Å²) in [5.41, 5.74) is 1.11. The third-order valence-corrected chi connectivity index (χ3v) is 6.11. The van der Waals surface area contributed by atoms with Crippen molar-refractivity contribution in [1.29, 1.82) is 4.78 Å². The Kier molecular flexibility index (Phi) is 3.75. The average Bonchev–Trinajstić information content (AvgIpc) is 3.12. The fraction of sp³-hybridized carbons (Fsp3) is 0.538. The van der Waals surface area contributed by atoms with E-state index in [1.54, 1.807) is 14.1 Å². The Balaban J connectivity index is 1.92. The van der Waals surface area contributed by atoms with Crippen LogP contribution in [0.3, 0.4) is 0 Å². The minimum atomic E-state index is -2.71. The standard InChI is InChI=1S/C13H20N2O2S/c1-15(2)18(14,16)13(8-9-13)11-17-10-12-6-4-3-5-7-12/h3-7,14H,8-11H2,1-2H3. The quantitative estimate of drug-likeness (QED) is 0.860. The third-order valence-electron chi connectivity index (χ3n) is 3.39. The second-order valence-electron chi connectivity index (χ2n) is 5.00. The van der Waals surface area contributed by atoms with Crippen molar-refractivity contribution in [1.82, 2.24) is 4.31 Å². The van der Waals surface area contributed by atoms with Crippen LogP contribution in [0.1, 0.15) is 18.4 Å². The molecule has 0 heterocycles. The largest absolute Gasteiger partial charge is 0.375 e. The van der Waals surface area contributed by atoms with E-state index in [2.05, 4.69) is 0 Å². The highest BCUT2D eigenvalue weighted by atomic mass is 32.2. The first-order valence-corrected chi connectivity index (χ1v) is 7.57. The van der Waals surface area contributed by atoms with Crippen molar-refractivity contribution < 1.29 is 8.95 Å². The Morgan fingerprint density at radius 1 is 1.33 bits per heavy atom. The first kappa shape index (κ1) is 13.5. The molecule has 0 bridgehead atoms. The minimum Gasteiger partial charge on any atom is -0.375 e. The SMILES string of the molecule is CN(C)S(=N)(=O)C1(COCc2ccccc2)CC1. The van der Waals surface area contributed by atoms with Gasteiger partial charge in [-0.05, 0) is 18.4 Å². The summed E-state index contributed by atoms with van der Waals surface area (Å²) >= 11 is 0. The zero-order valence-electron chi connectivity index (χ0n) is 10.9. The van der Waals surface area contributed by atoms with Gasteiger partial charge in [0, 0.05) is 14.1 Å². The zero-order valence-corrected chi connectivity index (χ0v) is 11.7. The number of ether oxygens (including phenoxy) is 1. The fourth-order valence-corrected chi connectivity index (χ4v) is 3.63. The number of hydrogen-bond acceptors (Lipinski definition) is 3. The van der Waals surface area contributed by atoms with E-state index >= 15 is 0 Å². The van der Waals surface area contributed by atoms with Gasteiger partial charge in [0.25, 0.3) is 0 Å². The molecule has 18 heavy (non-hydrogen) atoms. The van der Waals surface area contributed by atoms with Crippen molar-refractivity contribution in [2.45, 2.75) is 24.2 Å². The lowest BCUT2D eigenvalue weighted by molar-refractivity contribution is 0.116. The van der Waals surface area contributed by atoms with E-state index in [0.717, 1.165) is 18.4 Å². The van der Waals surface area contributed by atoms with Gasteiger partial charge >= 0.3 is 0 Å². The number of benzene rings is 1. The van der Waals surface area contributed by atoms with Crippen molar-refractivity contribution in [2.75, 3.05) is 20.7 Å². The Morgan fingerprint density at radius 3 is 2.44 bits per heavy atom. The molecule has 1 N–H and O–H groups in total. The molecule has 0 radical (unpaired) electrons. The van der Waals surface area contributed by atoms with Gasteiger partial charge in [0.05, 0.1) is 18.0 Å². The van der Waals surface area contributed by atoms with Gasteiger partial charge in [-0.25, -0.2) is 13.3 Å². The maximum absolute atomic E-state index is 12.3. The average molecular weight is 268 g/mol. The van der Waals surface area contributed by atoms with E-state index in [1.807, 2.05) is 30.3 Å². The van der Waals surface area contributed by atoms with Gasteiger partial charge in [-0.15, -0.1) is 0 Å². The van der Waals surface area contributed by atoms with Crippen LogP contribution in [0, 0.1) is 4.78 Å². The van der Waals surface area contributed by atoms with E-state index in [1.165, 1.54) is 4.31 Å². The molecule has 4 nitrogen and oxygen atoms in total. The summed E-state index contributed by atoms with van der Waals surface area (Å²) in [5, 5.41) is 0. The van der Waals surface area contributed by atoms with Crippen LogP contribution in [0.2, 0.25) is 0 Å². The molecule has 100 valence electrons. The number of hydrogen-bond donors (Lipinski definition) is 1. The lowest BCUT2D eigenvalue weighted by Crippen LogP contribution is -2.37. The predicted molar refractivity (Wildman–Crippen MR) is 72.6 cm³/mol. The minimum absolute atomic E-state index is 0.405. The van der Waals surface area contributed by atoms with Crippen LogP contribution in [0.25, 0.3) is 0 Å². The maximum Gasteiger partial charge on any atom is 0.115 e. The number of rotatable bonds is 6. The molecule has 1 fully saturated rings. The normalized spacial score (nSPS) is 20.6. The van der Waals surface area contributed by atoms with Gasteiger partial charge in [0.15, 0.2) is 0 Å². The van der Waals surface area contributed by atoms with E-state index < -0.39 is 14.7 Å². The lowest BCUT2D eigenvalue weighted by atomic mass is 10.2. The maximum atomic E-state index is 12.3. The molecule has 2 rings (SSSR count). The zero-order chi connectivity index (χ0) is 13.2. The van der Waals surface area contributed by atoms with Gasteiger partial charge in [-0.1, -0.05) is 30.3 Å². The summed E-state index contributed by atoms with van der Waals surface area (Å²) in [5.74, 6) is 0. The van der Waals surface area contributed by atoms with E-state index in [4.69, 9.17) is 9.52 Å². The lowest BCUT2D eigenvalue weighted by Gasteiger charge is -2.24. The Morgan fingerprint density at radius 2 is 1.94 bits per heavy atom. The summed E-state index contributed by atoms with van der Waals surface area (Å²) in [4.78, 5) is 0. The van der Waals surface area contributed by atoms with Crippen molar-refractivity contribution >= 4 is 9.92 Å². The van der Waals surface area contributed by atoms with Crippen molar-refractivity contribution in [3.05, 3.63) is 35.9 Å². The molecular formula is C13H20N2O2S. The van der Waals surface area contributed by atoms with Gasteiger partial charge in [0.1, 0.15) is 9.92 Å². The summed E-state index contributed by atoms with van der Waals surface area (Å²) in [7, 11) is 0.691. The smallest absolute Gasteiger partial charge is 0.115 e. The van der Waals surface area contributed by atoms with E-state index in [0.29, 0.717) is 13.2 Å². The van der Waals surface area contributed by atoms with Crippen molar-refractivity contribution in [2.24, 2.45) is 0 Å². The van der Waals surface area contributed by atoms with Crippen molar-refractivity contribution in [3.63, 3.8) is 0 Å². The van der Waals surface area contributed by atoms with Crippen LogP contribution in [-0.4, -0.2) is 34.0 Å². The summed E-state index contributed by atoms with van der Waals surface area (Å²) in [6.07, 6.45) is 1.64. The Bertz CT molecular complexity index is 493. The predicted octanol–water partition coefficient (Wildman–Crippen LogP) is 2.26. The van der Waals surface area contributed by atoms with E-state index in [-0.39, 0.29) is 0 Å². The number of nitrogens with one attached hydrogen (secondary N) is 1. The third kappa shape index (κ3) is 2.58. The molecular weight excluding hydrogens is 248 g/mol. The summed E-state index contributed by atoms with van der Waals surface area (Å²) in [6.45, 7) is 0.925. The van der Waals surface area contributed by atoms with Crippen LogP contribution in [0.4, 0.5) is 0 Å². The molecule has 1 aromatic carbocycles. The van der Waals surface area contributed by atoms with Crippen LogP contribution in [0.5, 0.6) is 0 Å². The second-order valence-corrected chi connectivity index (χ2v) is 7.65. The van der Waals surface area contributed by atoms with Gasteiger partial charge in [0.2, 0.25) is 0 Å². The molecule has 1 saturated carbocycles. The Hall–Kier alpha value is -0.910. The molecule has 0 amide bonds. The highest BCUT2D eigenvalue weighted by Crippen LogP contribution is 2.45. The molecule has 1 aromatic rings. The first-order valence-electron chi connectivity index (χ1n) is 6.05. The molecule has 0 spiro atoms. The highest BCUT2D eigenvalue weighted by molar-refractivity contribution is 7.91. The summed E-state index contributed by atoms with van der Waals surface area (Å²) < 4.78 is 27.1. The fourth-order valence-electron chi connectivity index (χ4n) is 1.96. The van der Waals surface area contributed by atoms with Gasteiger partial charge in [-0.3, -0.25) is 0 Å². The van der Waals surface area contributed by atoms with Crippen LogP contribution in [0.15, 0.2) is 30.3 Å². The van der Waals surface area contributed by atoms with Crippen LogP contribution < -0.4 is 0 Å². The molecule has 1 unspecified atom stereocenters. The highest BCUT2D eigenvalue weighted by Gasteiger charge is 2.53. The van der Waals surface area contributed by atoms with Gasteiger partial charge < -0.3 is 4.74 Å². The molecule has 0 aliphatic heterocycles. The molecule has 5 heteroatoms. The molecule has 1 aliphatic rings. The molecule has 0 aromatic heterocycles. The number of nitrogens with zero attached hydrogens (tertiary/aromatic N) is 1. The first-order chi connectivity index (χ1) is 8.48. The van der Waals surface area contributed by atoms with Crippen LogP contribution in [-0.2, 0) is 21.3 Å².